The van der Waals surface area contributed by atoms with E-state index in [1.807, 2.05) is 25.7 Å². The van der Waals surface area contributed by atoms with Crippen LogP contribution in [0.25, 0.3) is 0 Å². The number of carbonyl (C=O) groups excluding carboxylic acids is 1. The molecule has 5 nitrogen and oxygen atoms in total. The van der Waals surface area contributed by atoms with Crippen LogP contribution in [0.3, 0.4) is 0 Å². The number of pyridine rings is 2. The molecular weight excluding hydrogens is 412 g/mol. The fourth-order valence-corrected chi connectivity index (χ4v) is 3.99. The van der Waals surface area contributed by atoms with Gasteiger partial charge in [-0.25, -0.2) is 9.37 Å². The summed E-state index contributed by atoms with van der Waals surface area (Å²) in [4.78, 5) is 22.1. The maximum absolute atomic E-state index is 14.8. The number of rotatable bonds is 4. The van der Waals surface area contributed by atoms with Crippen molar-refractivity contribution in [3.05, 3.63) is 47.2 Å². The standard InChI is InChI=1S/C22H24F4N4O/c1-21(2,3)8-18(31)28-20-15(23)7-16-19(29-20)14-6-13(14)11-30(16)10-12-4-5-17(27-9-12)22(24,25)26/h4-5,7,9,13-14H,6,8,10-11H2,1-3H3,(H,28,29,31). The topological polar surface area (TPSA) is 58.1 Å². The molecule has 2 aliphatic rings. The van der Waals surface area contributed by atoms with E-state index < -0.39 is 17.7 Å². The zero-order valence-corrected chi connectivity index (χ0v) is 17.6. The predicted molar refractivity (Wildman–Crippen MR) is 108 cm³/mol. The van der Waals surface area contributed by atoms with Gasteiger partial charge in [-0.2, -0.15) is 13.2 Å². The lowest BCUT2D eigenvalue weighted by molar-refractivity contribution is -0.141. The van der Waals surface area contributed by atoms with E-state index in [0.29, 0.717) is 30.3 Å². The molecule has 2 atom stereocenters. The molecule has 3 heterocycles. The molecule has 1 fully saturated rings. The van der Waals surface area contributed by atoms with E-state index in [-0.39, 0.29) is 29.5 Å². The lowest BCUT2D eigenvalue weighted by Crippen LogP contribution is -2.30. The Morgan fingerprint density at radius 1 is 1.26 bits per heavy atom. The average Bonchev–Trinajstić information content (AvgIpc) is 3.40. The number of fused-ring (bicyclic) bond motifs is 3. The van der Waals surface area contributed by atoms with Gasteiger partial charge in [-0.1, -0.05) is 26.8 Å². The molecule has 4 rings (SSSR count). The highest BCUT2D eigenvalue weighted by atomic mass is 19.4. The Kier molecular flexibility index (Phi) is 5.18. The van der Waals surface area contributed by atoms with Gasteiger partial charge >= 0.3 is 6.18 Å². The van der Waals surface area contributed by atoms with E-state index in [1.165, 1.54) is 18.3 Å². The Bertz CT molecular complexity index is 998. The summed E-state index contributed by atoms with van der Waals surface area (Å²) in [6.45, 7) is 6.75. The molecule has 1 amide bonds. The quantitative estimate of drug-likeness (QED) is 0.675. The number of hydrogen-bond donors (Lipinski definition) is 1. The minimum atomic E-state index is -4.49. The van der Waals surface area contributed by atoms with Gasteiger partial charge in [0.25, 0.3) is 0 Å². The van der Waals surface area contributed by atoms with Crippen LogP contribution in [-0.4, -0.2) is 22.4 Å². The summed E-state index contributed by atoms with van der Waals surface area (Å²) in [6, 6.07) is 3.70. The Hall–Kier alpha value is -2.71. The van der Waals surface area contributed by atoms with Crippen LogP contribution < -0.4 is 10.2 Å². The lowest BCUT2D eigenvalue weighted by atomic mass is 9.92. The summed E-state index contributed by atoms with van der Waals surface area (Å²) in [5, 5.41) is 2.58. The fraction of sp³-hybridized carbons (Fsp3) is 0.500. The average molecular weight is 436 g/mol. The Balaban J connectivity index is 1.55. The van der Waals surface area contributed by atoms with Gasteiger partial charge < -0.3 is 10.2 Å². The van der Waals surface area contributed by atoms with Crippen LogP contribution in [0, 0.1) is 17.2 Å². The van der Waals surface area contributed by atoms with Crippen LogP contribution >= 0.6 is 0 Å². The number of carbonyl (C=O) groups is 1. The molecule has 9 heteroatoms. The highest BCUT2D eigenvalue weighted by Crippen LogP contribution is 2.54. The van der Waals surface area contributed by atoms with Crippen LogP contribution in [0.1, 0.15) is 56.5 Å². The molecule has 0 spiro atoms. The first-order chi connectivity index (χ1) is 14.4. The number of nitrogens with one attached hydrogen (secondary N) is 1. The van der Waals surface area contributed by atoms with Crippen molar-refractivity contribution < 1.29 is 22.4 Å². The molecule has 2 aromatic rings. The van der Waals surface area contributed by atoms with Crippen molar-refractivity contribution in [3.8, 4) is 0 Å². The molecule has 1 aliphatic heterocycles. The van der Waals surface area contributed by atoms with E-state index in [1.54, 1.807) is 0 Å². The summed E-state index contributed by atoms with van der Waals surface area (Å²) >= 11 is 0. The third kappa shape index (κ3) is 4.80. The number of aromatic nitrogens is 2. The zero-order chi connectivity index (χ0) is 22.6. The molecule has 1 N–H and O–H groups in total. The predicted octanol–water partition coefficient (Wildman–Crippen LogP) is 5.13. The largest absolute Gasteiger partial charge is 0.433 e. The van der Waals surface area contributed by atoms with E-state index in [0.717, 1.165) is 18.2 Å². The summed E-state index contributed by atoms with van der Waals surface area (Å²) < 4.78 is 53.0. The third-order valence-electron chi connectivity index (χ3n) is 5.49. The van der Waals surface area contributed by atoms with Crippen LogP contribution in [0.15, 0.2) is 24.4 Å². The van der Waals surface area contributed by atoms with Gasteiger partial charge in [-0.15, -0.1) is 0 Å². The first kappa shape index (κ1) is 21.5. The van der Waals surface area contributed by atoms with Crippen LogP contribution in [0.2, 0.25) is 0 Å². The van der Waals surface area contributed by atoms with Crippen molar-refractivity contribution in [3.63, 3.8) is 0 Å². The van der Waals surface area contributed by atoms with Crippen molar-refractivity contribution >= 4 is 17.4 Å². The van der Waals surface area contributed by atoms with Gasteiger partial charge in [-0.05, 0) is 29.4 Å². The highest BCUT2D eigenvalue weighted by molar-refractivity contribution is 5.90. The Morgan fingerprint density at radius 3 is 2.61 bits per heavy atom. The number of anilines is 2. The molecule has 0 aromatic carbocycles. The molecule has 0 bridgehead atoms. The van der Waals surface area contributed by atoms with Gasteiger partial charge in [-0.3, -0.25) is 9.78 Å². The smallest absolute Gasteiger partial charge is 0.365 e. The third-order valence-corrected chi connectivity index (χ3v) is 5.49. The fourth-order valence-electron chi connectivity index (χ4n) is 3.99. The van der Waals surface area contributed by atoms with Gasteiger partial charge in [0.05, 0.1) is 11.4 Å². The van der Waals surface area contributed by atoms with Gasteiger partial charge in [0, 0.05) is 37.7 Å². The summed E-state index contributed by atoms with van der Waals surface area (Å²) in [5.74, 6) is -0.413. The van der Waals surface area contributed by atoms with Crippen molar-refractivity contribution in [2.24, 2.45) is 11.3 Å². The molecule has 166 valence electrons. The maximum atomic E-state index is 14.8. The summed E-state index contributed by atoms with van der Waals surface area (Å²) in [6.07, 6.45) is -2.13. The molecule has 1 saturated carbocycles. The first-order valence-electron chi connectivity index (χ1n) is 10.2. The molecule has 31 heavy (non-hydrogen) atoms. The van der Waals surface area contributed by atoms with Crippen LogP contribution in [0.5, 0.6) is 0 Å². The van der Waals surface area contributed by atoms with Crippen molar-refractivity contribution in [1.29, 1.82) is 0 Å². The molecular formula is C22H24F4N4O. The van der Waals surface area contributed by atoms with Crippen molar-refractivity contribution in [1.82, 2.24) is 9.97 Å². The van der Waals surface area contributed by atoms with E-state index in [9.17, 15) is 22.4 Å². The van der Waals surface area contributed by atoms with E-state index in [2.05, 4.69) is 15.3 Å². The molecule has 2 aromatic heterocycles. The van der Waals surface area contributed by atoms with Gasteiger partial charge in [0.2, 0.25) is 5.91 Å². The number of alkyl halides is 3. The van der Waals surface area contributed by atoms with Crippen LogP contribution in [0.4, 0.5) is 29.1 Å². The SMILES string of the molecule is CC(C)(C)CC(=O)Nc1nc2c(cc1F)N(Cc1ccc(C(F)(F)F)nc1)CC1CC21. The van der Waals surface area contributed by atoms with Gasteiger partial charge in [0.1, 0.15) is 5.69 Å². The normalized spacial score (nSPS) is 20.2. The second-order valence-corrected chi connectivity index (χ2v) is 9.54. The number of hydrogen-bond acceptors (Lipinski definition) is 4. The van der Waals surface area contributed by atoms with Gasteiger partial charge in [0.15, 0.2) is 11.6 Å². The second kappa shape index (κ2) is 7.46. The summed E-state index contributed by atoms with van der Waals surface area (Å²) in [7, 11) is 0. The highest BCUT2D eigenvalue weighted by Gasteiger charge is 2.46. The molecule has 0 saturated heterocycles. The molecule has 1 aliphatic carbocycles. The molecule has 2 unspecified atom stereocenters. The maximum Gasteiger partial charge on any atom is 0.433 e. The monoisotopic (exact) mass is 436 g/mol. The lowest BCUT2D eigenvalue weighted by Gasteiger charge is -2.31. The Morgan fingerprint density at radius 2 is 2.00 bits per heavy atom. The van der Waals surface area contributed by atoms with Crippen LogP contribution in [-0.2, 0) is 17.5 Å². The minimum Gasteiger partial charge on any atom is -0.365 e. The van der Waals surface area contributed by atoms with Crippen molar-refractivity contribution in [2.75, 3.05) is 16.8 Å². The second-order valence-electron chi connectivity index (χ2n) is 9.54. The van der Waals surface area contributed by atoms with E-state index >= 15 is 0 Å². The zero-order valence-electron chi connectivity index (χ0n) is 17.6. The molecule has 0 radical (unpaired) electrons. The van der Waals surface area contributed by atoms with Crippen molar-refractivity contribution in [2.45, 2.75) is 52.3 Å². The number of halogens is 4. The minimum absolute atomic E-state index is 0.0725. The number of amides is 1. The summed E-state index contributed by atoms with van der Waals surface area (Å²) in [5.41, 5.74) is 0.763. The number of nitrogens with zero attached hydrogens (tertiary/aromatic N) is 3. The Labute approximate surface area is 177 Å². The van der Waals surface area contributed by atoms with E-state index in [4.69, 9.17) is 0 Å². The first-order valence-corrected chi connectivity index (χ1v) is 10.2.